The molecule has 0 aliphatic rings. The lowest BCUT2D eigenvalue weighted by Crippen LogP contribution is -2.29. The molecule has 1 amide bonds. The Morgan fingerprint density at radius 2 is 2.00 bits per heavy atom. The molecule has 100 valence electrons. The van der Waals surface area contributed by atoms with Crippen molar-refractivity contribution >= 4 is 5.91 Å². The van der Waals surface area contributed by atoms with Crippen LogP contribution in [0.2, 0.25) is 0 Å². The monoisotopic (exact) mass is 266 g/mol. The summed E-state index contributed by atoms with van der Waals surface area (Å²) in [6, 6.07) is 8.78. The minimum atomic E-state index is -0.133. The van der Waals surface area contributed by atoms with Gasteiger partial charge in [-0.3, -0.25) is 9.78 Å². The molecule has 0 aliphatic heterocycles. The highest BCUT2D eigenvalue weighted by atomic mass is 16.2. The molecule has 0 radical (unpaired) electrons. The molecule has 2 rings (SSSR count). The van der Waals surface area contributed by atoms with E-state index in [0.29, 0.717) is 11.3 Å². The van der Waals surface area contributed by atoms with E-state index in [-0.39, 0.29) is 11.9 Å². The topological polar surface area (TPSA) is 69.9 Å². The van der Waals surface area contributed by atoms with Crippen LogP contribution in [0.15, 0.2) is 42.9 Å². The van der Waals surface area contributed by atoms with Gasteiger partial charge < -0.3 is 4.90 Å². The zero-order chi connectivity index (χ0) is 14.5. The average molecular weight is 266 g/mol. The van der Waals surface area contributed by atoms with Crippen molar-refractivity contribution in [3.05, 3.63) is 59.7 Å². The fraction of sp³-hybridized carbons (Fsp3) is 0.200. The van der Waals surface area contributed by atoms with Crippen LogP contribution < -0.4 is 0 Å². The van der Waals surface area contributed by atoms with E-state index in [9.17, 15) is 4.79 Å². The fourth-order valence-electron chi connectivity index (χ4n) is 1.83. The Balaban J connectivity index is 2.18. The molecule has 0 aliphatic carbocycles. The number of amides is 1. The van der Waals surface area contributed by atoms with E-state index in [1.165, 1.54) is 12.3 Å². The van der Waals surface area contributed by atoms with E-state index in [1.54, 1.807) is 30.4 Å². The van der Waals surface area contributed by atoms with E-state index in [0.717, 1.165) is 5.56 Å². The van der Waals surface area contributed by atoms with Gasteiger partial charge >= 0.3 is 0 Å². The lowest BCUT2D eigenvalue weighted by molar-refractivity contribution is 0.0742. The Morgan fingerprint density at radius 3 is 2.55 bits per heavy atom. The zero-order valence-corrected chi connectivity index (χ0v) is 11.3. The SMILES string of the molecule is C[C@H](c1ccncc1)N(C)C(=O)c1ccc(C#N)nc1. The summed E-state index contributed by atoms with van der Waals surface area (Å²) in [5, 5.41) is 8.70. The average Bonchev–Trinajstić information content (AvgIpc) is 2.53. The summed E-state index contributed by atoms with van der Waals surface area (Å²) in [4.78, 5) is 21.9. The smallest absolute Gasteiger partial charge is 0.255 e. The van der Waals surface area contributed by atoms with Crippen LogP contribution in [0.1, 0.15) is 34.6 Å². The third-order valence-electron chi connectivity index (χ3n) is 3.21. The predicted octanol–water partition coefficient (Wildman–Crippen LogP) is 2.18. The Labute approximate surface area is 117 Å². The number of pyridine rings is 2. The number of aromatic nitrogens is 2. The molecule has 0 spiro atoms. The van der Waals surface area contributed by atoms with E-state index in [2.05, 4.69) is 9.97 Å². The summed E-state index contributed by atoms with van der Waals surface area (Å²) in [7, 11) is 1.74. The molecular weight excluding hydrogens is 252 g/mol. The number of nitrogens with zero attached hydrogens (tertiary/aromatic N) is 4. The number of nitriles is 1. The normalized spacial score (nSPS) is 11.4. The standard InChI is InChI=1S/C15H14N4O/c1-11(12-5-7-17-8-6-12)19(2)15(20)13-3-4-14(9-16)18-10-13/h3-8,10-11H,1-2H3/t11-/m1/s1. The molecule has 1 atom stereocenters. The van der Waals surface area contributed by atoms with Crippen LogP contribution in [-0.2, 0) is 0 Å². The van der Waals surface area contributed by atoms with Crippen LogP contribution in [0.3, 0.4) is 0 Å². The van der Waals surface area contributed by atoms with Gasteiger partial charge in [0, 0.05) is 25.6 Å². The molecule has 20 heavy (non-hydrogen) atoms. The first-order valence-corrected chi connectivity index (χ1v) is 6.16. The lowest BCUT2D eigenvalue weighted by Gasteiger charge is -2.25. The third kappa shape index (κ3) is 2.81. The Bertz CT molecular complexity index is 631. The van der Waals surface area contributed by atoms with Crippen molar-refractivity contribution in [3.8, 4) is 6.07 Å². The Kier molecular flexibility index (Phi) is 4.06. The van der Waals surface area contributed by atoms with E-state index in [1.807, 2.05) is 25.1 Å². The Morgan fingerprint density at radius 1 is 1.30 bits per heavy atom. The van der Waals surface area contributed by atoms with Gasteiger partial charge in [0.15, 0.2) is 0 Å². The van der Waals surface area contributed by atoms with Crippen molar-refractivity contribution < 1.29 is 4.79 Å². The second-order valence-electron chi connectivity index (χ2n) is 4.42. The van der Waals surface area contributed by atoms with Crippen LogP contribution in [0.25, 0.3) is 0 Å². The van der Waals surface area contributed by atoms with Crippen LogP contribution in [0, 0.1) is 11.3 Å². The number of carbonyl (C=O) groups is 1. The van der Waals surface area contributed by atoms with Crippen molar-refractivity contribution in [2.45, 2.75) is 13.0 Å². The molecule has 0 saturated carbocycles. The summed E-state index contributed by atoms with van der Waals surface area (Å²) in [5.41, 5.74) is 1.77. The van der Waals surface area contributed by atoms with Crippen LogP contribution in [0.5, 0.6) is 0 Å². The first-order valence-electron chi connectivity index (χ1n) is 6.16. The molecule has 2 heterocycles. The summed E-state index contributed by atoms with van der Waals surface area (Å²) >= 11 is 0. The summed E-state index contributed by atoms with van der Waals surface area (Å²) < 4.78 is 0. The largest absolute Gasteiger partial charge is 0.335 e. The van der Waals surface area contributed by atoms with Gasteiger partial charge in [-0.2, -0.15) is 5.26 Å². The maximum Gasteiger partial charge on any atom is 0.255 e. The van der Waals surface area contributed by atoms with Crippen molar-refractivity contribution in [2.75, 3.05) is 7.05 Å². The second-order valence-corrected chi connectivity index (χ2v) is 4.42. The van der Waals surface area contributed by atoms with Gasteiger partial charge in [-0.05, 0) is 36.8 Å². The van der Waals surface area contributed by atoms with E-state index >= 15 is 0 Å². The van der Waals surface area contributed by atoms with Gasteiger partial charge in [0.25, 0.3) is 5.91 Å². The molecule has 0 saturated heterocycles. The minimum absolute atomic E-state index is 0.0684. The molecular formula is C15H14N4O. The lowest BCUT2D eigenvalue weighted by atomic mass is 10.1. The van der Waals surface area contributed by atoms with Crippen molar-refractivity contribution in [1.82, 2.24) is 14.9 Å². The third-order valence-corrected chi connectivity index (χ3v) is 3.21. The van der Waals surface area contributed by atoms with E-state index in [4.69, 9.17) is 5.26 Å². The number of hydrogen-bond donors (Lipinski definition) is 0. The van der Waals surface area contributed by atoms with Gasteiger partial charge in [-0.25, -0.2) is 4.98 Å². The molecule has 2 aromatic rings. The number of carbonyl (C=O) groups excluding carboxylic acids is 1. The zero-order valence-electron chi connectivity index (χ0n) is 11.3. The van der Waals surface area contributed by atoms with Crippen LogP contribution >= 0.6 is 0 Å². The maximum absolute atomic E-state index is 12.3. The first kappa shape index (κ1) is 13.7. The number of rotatable bonds is 3. The maximum atomic E-state index is 12.3. The summed E-state index contributed by atoms with van der Waals surface area (Å²) in [5.74, 6) is -0.133. The van der Waals surface area contributed by atoms with Crippen molar-refractivity contribution in [3.63, 3.8) is 0 Å². The first-order chi connectivity index (χ1) is 9.63. The minimum Gasteiger partial charge on any atom is -0.335 e. The summed E-state index contributed by atoms with van der Waals surface area (Å²) in [6.45, 7) is 1.95. The molecule has 0 bridgehead atoms. The van der Waals surface area contributed by atoms with Crippen LogP contribution in [-0.4, -0.2) is 27.8 Å². The molecule has 5 nitrogen and oxygen atoms in total. The van der Waals surface area contributed by atoms with Crippen molar-refractivity contribution in [1.29, 1.82) is 5.26 Å². The Hall–Kier alpha value is -2.74. The molecule has 5 heteroatoms. The van der Waals surface area contributed by atoms with E-state index < -0.39 is 0 Å². The molecule has 2 aromatic heterocycles. The van der Waals surface area contributed by atoms with Gasteiger partial charge in [0.2, 0.25) is 0 Å². The molecule has 0 unspecified atom stereocenters. The van der Waals surface area contributed by atoms with Gasteiger partial charge in [0.1, 0.15) is 11.8 Å². The molecule has 0 fully saturated rings. The highest BCUT2D eigenvalue weighted by Gasteiger charge is 2.19. The number of hydrogen-bond acceptors (Lipinski definition) is 4. The fourth-order valence-corrected chi connectivity index (χ4v) is 1.83. The van der Waals surface area contributed by atoms with Crippen LogP contribution in [0.4, 0.5) is 0 Å². The van der Waals surface area contributed by atoms with Gasteiger partial charge in [-0.15, -0.1) is 0 Å². The molecule has 0 aromatic carbocycles. The predicted molar refractivity (Wildman–Crippen MR) is 73.7 cm³/mol. The summed E-state index contributed by atoms with van der Waals surface area (Å²) in [6.07, 6.45) is 4.83. The highest BCUT2D eigenvalue weighted by molar-refractivity contribution is 5.94. The quantitative estimate of drug-likeness (QED) is 0.853. The highest BCUT2D eigenvalue weighted by Crippen LogP contribution is 2.19. The molecule has 0 N–H and O–H groups in total. The van der Waals surface area contributed by atoms with Gasteiger partial charge in [0.05, 0.1) is 11.6 Å². The van der Waals surface area contributed by atoms with Crippen molar-refractivity contribution in [2.24, 2.45) is 0 Å². The second kappa shape index (κ2) is 5.93. The van der Waals surface area contributed by atoms with Gasteiger partial charge in [-0.1, -0.05) is 0 Å².